The van der Waals surface area contributed by atoms with Gasteiger partial charge in [0.25, 0.3) is 0 Å². The molecule has 106 valence electrons. The summed E-state index contributed by atoms with van der Waals surface area (Å²) >= 11 is 5.95. The Labute approximate surface area is 119 Å². The number of pyridine rings is 1. The van der Waals surface area contributed by atoms with Crippen LogP contribution in [0, 0.1) is 12.8 Å². The van der Waals surface area contributed by atoms with Crippen molar-refractivity contribution in [3.63, 3.8) is 0 Å². The summed E-state index contributed by atoms with van der Waals surface area (Å²) in [6.07, 6.45) is 3.51. The second-order valence-corrected chi connectivity index (χ2v) is 7.03. The van der Waals surface area contributed by atoms with E-state index >= 15 is 0 Å². The molecule has 7 heteroatoms. The van der Waals surface area contributed by atoms with E-state index in [4.69, 9.17) is 11.6 Å². The first-order valence-electron chi connectivity index (χ1n) is 6.29. The Hall–Kier alpha value is -0.850. The molecule has 0 radical (unpaired) electrons. The monoisotopic (exact) mass is 303 g/mol. The number of rotatable bonds is 3. The van der Waals surface area contributed by atoms with Crippen LogP contribution in [-0.2, 0) is 10.2 Å². The summed E-state index contributed by atoms with van der Waals surface area (Å²) in [5.74, 6) is 0.385. The number of halogens is 1. The highest BCUT2D eigenvalue weighted by Crippen LogP contribution is 2.26. The van der Waals surface area contributed by atoms with Crippen LogP contribution < -0.4 is 4.72 Å². The fourth-order valence-corrected chi connectivity index (χ4v) is 3.98. The number of aromatic nitrogens is 1. The van der Waals surface area contributed by atoms with Crippen LogP contribution in [0.25, 0.3) is 0 Å². The van der Waals surface area contributed by atoms with Crippen LogP contribution in [0.5, 0.6) is 0 Å². The number of nitrogens with zero attached hydrogens (tertiary/aromatic N) is 2. The third-order valence-electron chi connectivity index (χ3n) is 3.30. The maximum Gasteiger partial charge on any atom is 0.301 e. The maximum absolute atomic E-state index is 12.3. The summed E-state index contributed by atoms with van der Waals surface area (Å²) in [6.45, 7) is 4.96. The molecule has 0 amide bonds. The lowest BCUT2D eigenvalue weighted by Crippen LogP contribution is -2.42. The van der Waals surface area contributed by atoms with E-state index in [1.54, 1.807) is 19.2 Å². The second kappa shape index (κ2) is 5.64. The molecule has 1 atom stereocenters. The van der Waals surface area contributed by atoms with Gasteiger partial charge >= 0.3 is 10.2 Å². The molecule has 1 saturated heterocycles. The second-order valence-electron chi connectivity index (χ2n) is 5.01. The number of hydrogen-bond acceptors (Lipinski definition) is 3. The largest absolute Gasteiger partial charge is 0.301 e. The van der Waals surface area contributed by atoms with Crippen molar-refractivity contribution in [2.24, 2.45) is 5.92 Å². The van der Waals surface area contributed by atoms with Crippen LogP contribution in [0.4, 0.5) is 5.69 Å². The highest BCUT2D eigenvalue weighted by molar-refractivity contribution is 7.90. The van der Waals surface area contributed by atoms with E-state index in [9.17, 15) is 8.42 Å². The molecule has 0 aromatic carbocycles. The number of hydrogen-bond donors (Lipinski definition) is 1. The van der Waals surface area contributed by atoms with Crippen molar-refractivity contribution in [2.45, 2.75) is 26.7 Å². The Kier molecular flexibility index (Phi) is 4.32. The molecule has 1 aromatic heterocycles. The summed E-state index contributed by atoms with van der Waals surface area (Å²) in [5, 5.41) is 0.175. The molecule has 5 nitrogen and oxygen atoms in total. The molecule has 0 aliphatic carbocycles. The van der Waals surface area contributed by atoms with Gasteiger partial charge in [-0.2, -0.15) is 12.7 Å². The van der Waals surface area contributed by atoms with Gasteiger partial charge in [0.1, 0.15) is 0 Å². The van der Waals surface area contributed by atoms with Crippen LogP contribution in [0.1, 0.15) is 25.3 Å². The van der Waals surface area contributed by atoms with Gasteiger partial charge in [-0.05, 0) is 37.3 Å². The van der Waals surface area contributed by atoms with Gasteiger partial charge in [-0.1, -0.05) is 18.5 Å². The quantitative estimate of drug-likeness (QED) is 0.872. The smallest absolute Gasteiger partial charge is 0.268 e. The molecule has 2 heterocycles. The Morgan fingerprint density at radius 2 is 2.26 bits per heavy atom. The fraction of sp³-hybridized carbons (Fsp3) is 0.583. The summed E-state index contributed by atoms with van der Waals surface area (Å²) in [5.41, 5.74) is 1.12. The molecule has 1 N–H and O–H groups in total. The van der Waals surface area contributed by atoms with E-state index in [0.29, 0.717) is 24.7 Å². The average molecular weight is 304 g/mol. The topological polar surface area (TPSA) is 62.3 Å². The summed E-state index contributed by atoms with van der Waals surface area (Å²) < 4.78 is 28.7. The fourth-order valence-electron chi connectivity index (χ4n) is 2.21. The predicted octanol–water partition coefficient (Wildman–Crippen LogP) is 2.43. The van der Waals surface area contributed by atoms with E-state index in [0.717, 1.165) is 18.4 Å². The predicted molar refractivity (Wildman–Crippen MR) is 76.5 cm³/mol. The van der Waals surface area contributed by atoms with E-state index < -0.39 is 10.2 Å². The normalized spacial score (nSPS) is 21.3. The molecule has 0 saturated carbocycles. The van der Waals surface area contributed by atoms with Crippen molar-refractivity contribution in [1.82, 2.24) is 9.29 Å². The van der Waals surface area contributed by atoms with Gasteiger partial charge in [-0.25, -0.2) is 4.98 Å². The molecule has 19 heavy (non-hydrogen) atoms. The maximum atomic E-state index is 12.3. The minimum absolute atomic E-state index is 0.175. The SMILES string of the molecule is Cc1ccnc(Cl)c1NS(=O)(=O)N1CCCC(C)C1. The van der Waals surface area contributed by atoms with Crippen LogP contribution in [0.2, 0.25) is 5.15 Å². The van der Waals surface area contributed by atoms with Gasteiger partial charge < -0.3 is 0 Å². The lowest BCUT2D eigenvalue weighted by atomic mass is 10.0. The van der Waals surface area contributed by atoms with Gasteiger partial charge in [-0.3, -0.25) is 4.72 Å². The minimum Gasteiger partial charge on any atom is -0.268 e. The zero-order valence-corrected chi connectivity index (χ0v) is 12.6. The molecule has 0 spiro atoms. The molecule has 1 fully saturated rings. The Bertz CT molecular complexity index is 542. The third-order valence-corrected chi connectivity index (χ3v) is 5.06. The first kappa shape index (κ1) is 14.6. The van der Waals surface area contributed by atoms with Crippen LogP contribution >= 0.6 is 11.6 Å². The first-order valence-corrected chi connectivity index (χ1v) is 8.11. The van der Waals surface area contributed by atoms with Gasteiger partial charge in [0.05, 0.1) is 5.69 Å². The lowest BCUT2D eigenvalue weighted by Gasteiger charge is -2.30. The van der Waals surface area contributed by atoms with Crippen molar-refractivity contribution in [2.75, 3.05) is 17.8 Å². The zero-order valence-electron chi connectivity index (χ0n) is 11.1. The van der Waals surface area contributed by atoms with Crippen molar-refractivity contribution in [1.29, 1.82) is 0 Å². The Morgan fingerprint density at radius 3 is 2.89 bits per heavy atom. The van der Waals surface area contributed by atoms with Crippen molar-refractivity contribution in [3.8, 4) is 0 Å². The van der Waals surface area contributed by atoms with Crippen LogP contribution in [-0.4, -0.2) is 30.8 Å². The highest BCUT2D eigenvalue weighted by Gasteiger charge is 2.28. The Morgan fingerprint density at radius 1 is 1.53 bits per heavy atom. The highest BCUT2D eigenvalue weighted by atomic mass is 35.5. The summed E-state index contributed by atoms with van der Waals surface area (Å²) in [4.78, 5) is 3.90. The third kappa shape index (κ3) is 3.38. The lowest BCUT2D eigenvalue weighted by molar-refractivity contribution is 0.282. The molecule has 1 aromatic rings. The minimum atomic E-state index is -3.56. The number of aryl methyl sites for hydroxylation is 1. The molecule has 2 rings (SSSR count). The van der Waals surface area contributed by atoms with Gasteiger partial charge in [0.2, 0.25) is 0 Å². The van der Waals surface area contributed by atoms with E-state index in [2.05, 4.69) is 16.6 Å². The van der Waals surface area contributed by atoms with E-state index in [-0.39, 0.29) is 5.15 Å². The van der Waals surface area contributed by atoms with Crippen molar-refractivity contribution in [3.05, 3.63) is 23.0 Å². The van der Waals surface area contributed by atoms with Crippen LogP contribution in [0.15, 0.2) is 12.3 Å². The average Bonchev–Trinajstić information content (AvgIpc) is 2.34. The van der Waals surface area contributed by atoms with Gasteiger partial charge in [-0.15, -0.1) is 0 Å². The summed E-state index contributed by atoms with van der Waals surface area (Å²) in [7, 11) is -3.56. The van der Waals surface area contributed by atoms with Crippen molar-refractivity contribution >= 4 is 27.5 Å². The summed E-state index contributed by atoms with van der Waals surface area (Å²) in [6, 6.07) is 1.72. The van der Waals surface area contributed by atoms with Crippen molar-refractivity contribution < 1.29 is 8.42 Å². The van der Waals surface area contributed by atoms with Gasteiger partial charge in [0.15, 0.2) is 5.15 Å². The number of anilines is 1. The standard InChI is InChI=1S/C12H18ClN3O2S/c1-9-4-3-7-16(8-9)19(17,18)15-11-10(2)5-6-14-12(11)13/h5-6,9,15H,3-4,7-8H2,1-2H3. The molecule has 1 aliphatic heterocycles. The number of piperidine rings is 1. The van der Waals surface area contributed by atoms with Crippen LogP contribution in [0.3, 0.4) is 0 Å². The molecule has 1 aliphatic rings. The Balaban J connectivity index is 2.21. The van der Waals surface area contributed by atoms with E-state index in [1.165, 1.54) is 4.31 Å². The number of nitrogens with one attached hydrogen (secondary N) is 1. The molecular weight excluding hydrogens is 286 g/mol. The zero-order chi connectivity index (χ0) is 14.0. The molecular formula is C12H18ClN3O2S. The van der Waals surface area contributed by atoms with E-state index in [1.807, 2.05) is 0 Å². The molecule has 1 unspecified atom stereocenters. The first-order chi connectivity index (χ1) is 8.90. The van der Waals surface area contributed by atoms with Gasteiger partial charge in [0, 0.05) is 19.3 Å². The molecule has 0 bridgehead atoms.